The first-order chi connectivity index (χ1) is 13.0. The van der Waals surface area contributed by atoms with E-state index in [9.17, 15) is 4.79 Å². The molecule has 1 amide bonds. The molecule has 150 valence electrons. The molecule has 6 nitrogen and oxygen atoms in total. The molecule has 0 bridgehead atoms. The molecule has 1 fully saturated rings. The quantitative estimate of drug-likeness (QED) is 0.737. The van der Waals surface area contributed by atoms with Crippen LogP contribution in [0.5, 0.6) is 0 Å². The molecule has 0 aromatic carbocycles. The van der Waals surface area contributed by atoms with Gasteiger partial charge in [0.1, 0.15) is 6.61 Å². The number of piperidine rings is 1. The third-order valence-electron chi connectivity index (χ3n) is 4.42. The summed E-state index contributed by atoms with van der Waals surface area (Å²) < 4.78 is 5.29. The monoisotopic (exact) mass is 374 g/mol. The van der Waals surface area contributed by atoms with Crippen LogP contribution < -0.4 is 5.32 Å². The number of amides is 1. The maximum absolute atomic E-state index is 12.0. The molecule has 0 unspecified atom stereocenters. The molecule has 1 aromatic rings. The number of carbonyl (C=O) groups is 1. The van der Waals surface area contributed by atoms with E-state index in [1.165, 1.54) is 0 Å². The summed E-state index contributed by atoms with van der Waals surface area (Å²) in [4.78, 5) is 22.3. The van der Waals surface area contributed by atoms with Crippen LogP contribution in [0.15, 0.2) is 36.6 Å². The lowest BCUT2D eigenvalue weighted by Crippen LogP contribution is -2.40. The highest BCUT2D eigenvalue weighted by atomic mass is 16.6. The highest BCUT2D eigenvalue weighted by molar-refractivity contribution is 5.67. The molecule has 27 heavy (non-hydrogen) atoms. The average molecular weight is 375 g/mol. The van der Waals surface area contributed by atoms with Crippen molar-refractivity contribution in [2.45, 2.75) is 47.0 Å². The normalized spacial score (nSPS) is 14.8. The van der Waals surface area contributed by atoms with Gasteiger partial charge in [0.05, 0.1) is 0 Å². The standard InChI is InChI=1S/C17H26N4O2.C4H8/c1-4-13(2)12-23-17(22)21-9-6-15(7-10-21)11-19-16-18-8-5-14(3)20-16;1-3-4-2/h4-5,8,15H,6-7,9-12H2,1-3H3,(H,18,19,20);3H,1,4H2,2H3/b13-4+;. The van der Waals surface area contributed by atoms with Crippen LogP contribution >= 0.6 is 0 Å². The number of hydrogen-bond donors (Lipinski definition) is 1. The molecule has 0 saturated carbocycles. The Balaban J connectivity index is 0.000000828. The van der Waals surface area contributed by atoms with Crippen LogP contribution in [0.1, 0.15) is 45.7 Å². The number of aromatic nitrogens is 2. The molecule has 1 aliphatic heterocycles. The molecule has 1 N–H and O–H groups in total. The van der Waals surface area contributed by atoms with Crippen molar-refractivity contribution in [1.29, 1.82) is 0 Å². The zero-order valence-corrected chi connectivity index (χ0v) is 17.2. The van der Waals surface area contributed by atoms with Crippen molar-refractivity contribution < 1.29 is 9.53 Å². The molecule has 0 aliphatic carbocycles. The highest BCUT2D eigenvalue weighted by Gasteiger charge is 2.23. The van der Waals surface area contributed by atoms with E-state index in [4.69, 9.17) is 4.74 Å². The van der Waals surface area contributed by atoms with Gasteiger partial charge in [-0.1, -0.05) is 19.1 Å². The van der Waals surface area contributed by atoms with E-state index in [1.807, 2.05) is 39.0 Å². The Bertz CT molecular complexity index is 608. The van der Waals surface area contributed by atoms with Gasteiger partial charge in [0.15, 0.2) is 0 Å². The Morgan fingerprint density at radius 2 is 2.11 bits per heavy atom. The molecule has 1 saturated heterocycles. The third kappa shape index (κ3) is 9.22. The van der Waals surface area contributed by atoms with E-state index in [0.29, 0.717) is 18.5 Å². The van der Waals surface area contributed by atoms with Crippen LogP contribution in [0.25, 0.3) is 0 Å². The van der Waals surface area contributed by atoms with Gasteiger partial charge in [0.2, 0.25) is 5.95 Å². The summed E-state index contributed by atoms with van der Waals surface area (Å²) in [5, 5.41) is 3.28. The molecule has 6 heteroatoms. The van der Waals surface area contributed by atoms with Crippen LogP contribution in [0.2, 0.25) is 0 Å². The van der Waals surface area contributed by atoms with Crippen LogP contribution in [0, 0.1) is 12.8 Å². The van der Waals surface area contributed by atoms with E-state index in [2.05, 4.69) is 28.8 Å². The van der Waals surface area contributed by atoms with Gasteiger partial charge >= 0.3 is 6.09 Å². The number of allylic oxidation sites excluding steroid dienone is 2. The van der Waals surface area contributed by atoms with Gasteiger partial charge in [-0.15, -0.1) is 6.58 Å². The summed E-state index contributed by atoms with van der Waals surface area (Å²) in [5.74, 6) is 1.20. The molecule has 1 aromatic heterocycles. The van der Waals surface area contributed by atoms with Crippen molar-refractivity contribution in [3.05, 3.63) is 42.3 Å². The second-order valence-electron chi connectivity index (χ2n) is 6.72. The van der Waals surface area contributed by atoms with Crippen LogP contribution in [-0.2, 0) is 4.74 Å². The largest absolute Gasteiger partial charge is 0.445 e. The smallest absolute Gasteiger partial charge is 0.410 e. The fourth-order valence-electron chi connectivity index (χ4n) is 2.44. The summed E-state index contributed by atoms with van der Waals surface area (Å²) in [6, 6.07) is 1.88. The van der Waals surface area contributed by atoms with Crippen LogP contribution in [0.3, 0.4) is 0 Å². The number of carbonyl (C=O) groups excluding carboxylic acids is 1. The van der Waals surface area contributed by atoms with Crippen LogP contribution in [-0.4, -0.2) is 47.2 Å². The maximum atomic E-state index is 12.0. The lowest BCUT2D eigenvalue weighted by Gasteiger charge is -2.31. The van der Waals surface area contributed by atoms with E-state index >= 15 is 0 Å². The Labute approximate surface area is 163 Å². The molecule has 2 heterocycles. The van der Waals surface area contributed by atoms with E-state index in [1.54, 1.807) is 11.1 Å². The van der Waals surface area contributed by atoms with Gasteiger partial charge < -0.3 is 15.0 Å². The lowest BCUT2D eigenvalue weighted by molar-refractivity contribution is 0.0954. The fourth-order valence-corrected chi connectivity index (χ4v) is 2.44. The minimum absolute atomic E-state index is 0.209. The fraction of sp³-hybridized carbons (Fsp3) is 0.571. The van der Waals surface area contributed by atoms with Gasteiger partial charge in [0, 0.05) is 31.5 Å². The lowest BCUT2D eigenvalue weighted by atomic mass is 9.97. The van der Waals surface area contributed by atoms with Crippen molar-refractivity contribution >= 4 is 12.0 Å². The zero-order chi connectivity index (χ0) is 20.1. The number of ether oxygens (including phenoxy) is 1. The van der Waals surface area contributed by atoms with Gasteiger partial charge in [-0.2, -0.15) is 0 Å². The van der Waals surface area contributed by atoms with Crippen LogP contribution in [0.4, 0.5) is 10.7 Å². The molecular formula is C21H34N4O2. The summed E-state index contributed by atoms with van der Waals surface area (Å²) in [6.45, 7) is 14.1. The topological polar surface area (TPSA) is 67.3 Å². The number of nitrogens with zero attached hydrogens (tertiary/aromatic N) is 3. The van der Waals surface area contributed by atoms with Gasteiger partial charge in [-0.3, -0.25) is 0 Å². The Morgan fingerprint density at radius 1 is 1.44 bits per heavy atom. The van der Waals surface area contributed by atoms with Gasteiger partial charge in [-0.05, 0) is 57.6 Å². The van der Waals surface area contributed by atoms with Crippen molar-refractivity contribution in [3.8, 4) is 0 Å². The maximum Gasteiger partial charge on any atom is 0.410 e. The Hall–Kier alpha value is -2.37. The Morgan fingerprint density at radius 3 is 2.67 bits per heavy atom. The summed E-state index contributed by atoms with van der Waals surface area (Å²) in [6.07, 6.45) is 8.40. The molecule has 1 aliphatic rings. The first kappa shape index (κ1) is 22.7. The van der Waals surface area contributed by atoms with Crippen molar-refractivity contribution in [2.75, 3.05) is 31.6 Å². The number of aryl methyl sites for hydroxylation is 1. The number of rotatable bonds is 6. The minimum Gasteiger partial charge on any atom is -0.445 e. The highest BCUT2D eigenvalue weighted by Crippen LogP contribution is 2.18. The van der Waals surface area contributed by atoms with Crippen molar-refractivity contribution in [2.24, 2.45) is 5.92 Å². The summed E-state index contributed by atoms with van der Waals surface area (Å²) in [7, 11) is 0. The molecule has 0 radical (unpaired) electrons. The number of nitrogens with one attached hydrogen (secondary N) is 1. The predicted molar refractivity (Wildman–Crippen MR) is 111 cm³/mol. The summed E-state index contributed by atoms with van der Waals surface area (Å²) in [5.41, 5.74) is 2.02. The van der Waals surface area contributed by atoms with Gasteiger partial charge in [0.25, 0.3) is 0 Å². The zero-order valence-electron chi connectivity index (χ0n) is 17.2. The number of hydrogen-bond acceptors (Lipinski definition) is 5. The molecule has 0 spiro atoms. The predicted octanol–water partition coefficient (Wildman–Crippen LogP) is 4.59. The number of likely N-dealkylation sites (tertiary alicyclic amines) is 1. The minimum atomic E-state index is -0.209. The van der Waals surface area contributed by atoms with E-state index in [-0.39, 0.29) is 6.09 Å². The van der Waals surface area contributed by atoms with E-state index < -0.39 is 0 Å². The first-order valence-electron chi connectivity index (χ1n) is 9.68. The average Bonchev–Trinajstić information content (AvgIpc) is 2.70. The first-order valence-corrected chi connectivity index (χ1v) is 9.68. The Kier molecular flexibility index (Phi) is 10.8. The van der Waals surface area contributed by atoms with Crippen molar-refractivity contribution in [3.63, 3.8) is 0 Å². The molecular weight excluding hydrogens is 340 g/mol. The second-order valence-corrected chi connectivity index (χ2v) is 6.72. The third-order valence-corrected chi connectivity index (χ3v) is 4.42. The van der Waals surface area contributed by atoms with Gasteiger partial charge in [-0.25, -0.2) is 14.8 Å². The molecule has 2 rings (SSSR count). The SMILES string of the molecule is C/C=C(\C)COC(=O)N1CCC(CNc2nccc(C)n2)CC1.C=CCC. The second kappa shape index (κ2) is 12.9. The molecule has 0 atom stereocenters. The summed E-state index contributed by atoms with van der Waals surface area (Å²) >= 11 is 0. The number of anilines is 1. The van der Waals surface area contributed by atoms with E-state index in [0.717, 1.165) is 50.2 Å². The van der Waals surface area contributed by atoms with Crippen molar-refractivity contribution in [1.82, 2.24) is 14.9 Å².